The number of sulfonamides is 1. The number of halogens is 2. The number of nitrogen functional groups attached to an aromatic ring is 1. The van der Waals surface area contributed by atoms with Gasteiger partial charge in [0.2, 0.25) is 0 Å². The maximum atomic E-state index is 12.3. The third kappa shape index (κ3) is 3.49. The SMILES string of the molecule is COc1ccc(Cl)c(NS(=O)(=O)c2cnc(N)c(Cl)c2)c1. The second-order valence-corrected chi connectivity index (χ2v) is 6.49. The zero-order valence-corrected chi connectivity index (χ0v) is 13.1. The molecule has 0 amide bonds. The van der Waals surface area contributed by atoms with Crippen LogP contribution in [0.4, 0.5) is 11.5 Å². The van der Waals surface area contributed by atoms with Crippen molar-refractivity contribution < 1.29 is 13.2 Å². The van der Waals surface area contributed by atoms with Crippen molar-refractivity contribution in [3.8, 4) is 5.75 Å². The molecule has 0 aliphatic rings. The number of methoxy groups -OCH3 is 1. The van der Waals surface area contributed by atoms with Crippen LogP contribution in [0.15, 0.2) is 35.4 Å². The van der Waals surface area contributed by atoms with Gasteiger partial charge in [0.1, 0.15) is 16.5 Å². The van der Waals surface area contributed by atoms with Crippen molar-refractivity contribution in [2.24, 2.45) is 0 Å². The van der Waals surface area contributed by atoms with Crippen molar-refractivity contribution >= 4 is 44.7 Å². The van der Waals surface area contributed by atoms with Gasteiger partial charge >= 0.3 is 0 Å². The van der Waals surface area contributed by atoms with Gasteiger partial charge in [-0.3, -0.25) is 4.72 Å². The highest BCUT2D eigenvalue weighted by atomic mass is 35.5. The van der Waals surface area contributed by atoms with Crippen LogP contribution in [0.5, 0.6) is 5.75 Å². The molecule has 1 heterocycles. The van der Waals surface area contributed by atoms with Crippen molar-refractivity contribution in [1.82, 2.24) is 4.98 Å². The first-order valence-corrected chi connectivity index (χ1v) is 7.85. The van der Waals surface area contributed by atoms with Crippen LogP contribution in [-0.2, 0) is 10.0 Å². The van der Waals surface area contributed by atoms with Crippen LogP contribution in [0, 0.1) is 0 Å². The Morgan fingerprint density at radius 3 is 2.57 bits per heavy atom. The Labute approximate surface area is 131 Å². The van der Waals surface area contributed by atoms with Crippen LogP contribution < -0.4 is 15.2 Å². The summed E-state index contributed by atoms with van der Waals surface area (Å²) in [6, 6.07) is 5.81. The molecular weight excluding hydrogens is 337 g/mol. The number of nitrogens with one attached hydrogen (secondary N) is 1. The lowest BCUT2D eigenvalue weighted by atomic mass is 10.3. The first-order valence-electron chi connectivity index (χ1n) is 5.61. The summed E-state index contributed by atoms with van der Waals surface area (Å²) in [7, 11) is -2.43. The second-order valence-electron chi connectivity index (χ2n) is 3.99. The molecule has 9 heteroatoms. The third-order valence-corrected chi connectivity index (χ3v) is 4.54. The second kappa shape index (κ2) is 5.97. The molecule has 112 valence electrons. The molecule has 1 aromatic carbocycles. The van der Waals surface area contributed by atoms with E-state index >= 15 is 0 Å². The molecule has 6 nitrogen and oxygen atoms in total. The van der Waals surface area contributed by atoms with Crippen molar-refractivity contribution in [3.63, 3.8) is 0 Å². The smallest absolute Gasteiger partial charge is 0.263 e. The molecule has 0 atom stereocenters. The van der Waals surface area contributed by atoms with E-state index in [1.807, 2.05) is 0 Å². The van der Waals surface area contributed by atoms with Gasteiger partial charge in [0.15, 0.2) is 0 Å². The average Bonchev–Trinajstić information content (AvgIpc) is 2.44. The van der Waals surface area contributed by atoms with Crippen LogP contribution in [0.3, 0.4) is 0 Å². The number of benzene rings is 1. The van der Waals surface area contributed by atoms with Crippen molar-refractivity contribution in [2.75, 3.05) is 17.6 Å². The van der Waals surface area contributed by atoms with Crippen molar-refractivity contribution in [2.45, 2.75) is 4.90 Å². The Bertz CT molecular complexity index is 781. The number of aromatic nitrogens is 1. The number of pyridine rings is 1. The zero-order chi connectivity index (χ0) is 15.6. The summed E-state index contributed by atoms with van der Waals surface area (Å²) in [5, 5.41) is 0.281. The third-order valence-electron chi connectivity index (χ3n) is 2.57. The van der Waals surface area contributed by atoms with E-state index in [1.165, 1.54) is 25.3 Å². The molecule has 3 N–H and O–H groups in total. The van der Waals surface area contributed by atoms with Crippen molar-refractivity contribution in [3.05, 3.63) is 40.5 Å². The molecule has 0 spiro atoms. The lowest BCUT2D eigenvalue weighted by molar-refractivity contribution is 0.415. The fourth-order valence-electron chi connectivity index (χ4n) is 1.49. The fraction of sp³-hybridized carbons (Fsp3) is 0.0833. The van der Waals surface area contributed by atoms with E-state index < -0.39 is 10.0 Å². The minimum atomic E-state index is -3.89. The lowest BCUT2D eigenvalue weighted by Crippen LogP contribution is -2.14. The number of hydrogen-bond donors (Lipinski definition) is 2. The molecule has 0 saturated heterocycles. The highest BCUT2D eigenvalue weighted by Gasteiger charge is 2.18. The number of nitrogens with two attached hydrogens (primary N) is 1. The molecule has 0 unspecified atom stereocenters. The summed E-state index contributed by atoms with van der Waals surface area (Å²) < 4.78 is 31.9. The highest BCUT2D eigenvalue weighted by Crippen LogP contribution is 2.29. The van der Waals surface area contributed by atoms with E-state index in [0.717, 1.165) is 6.20 Å². The molecule has 2 rings (SSSR count). The summed E-state index contributed by atoms with van der Waals surface area (Å²) >= 11 is 11.7. The van der Waals surface area contributed by atoms with E-state index in [4.69, 9.17) is 33.7 Å². The van der Waals surface area contributed by atoms with Gasteiger partial charge in [-0.25, -0.2) is 13.4 Å². The van der Waals surface area contributed by atoms with Gasteiger partial charge in [-0.1, -0.05) is 23.2 Å². The van der Waals surface area contributed by atoms with Gasteiger partial charge in [-0.05, 0) is 18.2 Å². The molecule has 0 saturated carbocycles. The molecule has 0 fully saturated rings. The predicted octanol–water partition coefficient (Wildman–Crippen LogP) is 2.78. The van der Waals surface area contributed by atoms with Crippen LogP contribution >= 0.6 is 23.2 Å². The molecular formula is C12H11Cl2N3O3S. The minimum absolute atomic E-state index is 0.0506. The Morgan fingerprint density at radius 1 is 1.24 bits per heavy atom. The van der Waals surface area contributed by atoms with E-state index in [0.29, 0.717) is 5.75 Å². The van der Waals surface area contributed by atoms with Crippen LogP contribution in [0.1, 0.15) is 0 Å². The molecule has 0 aliphatic carbocycles. The number of rotatable bonds is 4. The van der Waals surface area contributed by atoms with Gasteiger partial charge in [0.05, 0.1) is 22.8 Å². The van der Waals surface area contributed by atoms with Gasteiger partial charge in [-0.15, -0.1) is 0 Å². The molecule has 0 aliphatic heterocycles. The Hall–Kier alpha value is -1.70. The first-order chi connectivity index (χ1) is 9.83. The molecule has 0 bridgehead atoms. The van der Waals surface area contributed by atoms with Gasteiger partial charge in [0.25, 0.3) is 10.0 Å². The molecule has 2 aromatic rings. The zero-order valence-electron chi connectivity index (χ0n) is 10.8. The molecule has 1 aromatic heterocycles. The monoisotopic (exact) mass is 347 g/mol. The minimum Gasteiger partial charge on any atom is -0.497 e. The molecule has 21 heavy (non-hydrogen) atoms. The predicted molar refractivity (Wildman–Crippen MR) is 82.5 cm³/mol. The first kappa shape index (κ1) is 15.7. The van der Waals surface area contributed by atoms with Crippen LogP contribution in [-0.4, -0.2) is 20.5 Å². The average molecular weight is 348 g/mol. The van der Waals surface area contributed by atoms with E-state index in [9.17, 15) is 8.42 Å². The van der Waals surface area contributed by atoms with E-state index in [2.05, 4.69) is 9.71 Å². The van der Waals surface area contributed by atoms with Gasteiger partial charge in [-0.2, -0.15) is 0 Å². The Balaban J connectivity index is 2.39. The van der Waals surface area contributed by atoms with E-state index in [1.54, 1.807) is 6.07 Å². The Morgan fingerprint density at radius 2 is 1.95 bits per heavy atom. The number of hydrogen-bond acceptors (Lipinski definition) is 5. The summed E-state index contributed by atoms with van der Waals surface area (Å²) in [4.78, 5) is 3.59. The standard InChI is InChI=1S/C12H11Cl2N3O3S/c1-20-7-2-3-9(13)11(4-7)17-21(18,19)8-5-10(14)12(15)16-6-8/h2-6,17H,1H3,(H2,15,16). The highest BCUT2D eigenvalue weighted by molar-refractivity contribution is 7.92. The molecule has 0 radical (unpaired) electrons. The Kier molecular flexibility index (Phi) is 4.46. The van der Waals surface area contributed by atoms with Gasteiger partial charge in [0, 0.05) is 12.3 Å². The quantitative estimate of drug-likeness (QED) is 0.886. The normalized spacial score (nSPS) is 11.2. The fourth-order valence-corrected chi connectivity index (χ4v) is 2.98. The van der Waals surface area contributed by atoms with Gasteiger partial charge < -0.3 is 10.5 Å². The summed E-state index contributed by atoms with van der Waals surface area (Å²) in [6.07, 6.45) is 1.11. The maximum absolute atomic E-state index is 12.3. The summed E-state index contributed by atoms with van der Waals surface area (Å²) in [6.45, 7) is 0. The topological polar surface area (TPSA) is 94.3 Å². The van der Waals surface area contributed by atoms with Crippen LogP contribution in [0.25, 0.3) is 0 Å². The summed E-state index contributed by atoms with van der Waals surface area (Å²) in [5.41, 5.74) is 5.63. The summed E-state index contributed by atoms with van der Waals surface area (Å²) in [5.74, 6) is 0.514. The maximum Gasteiger partial charge on any atom is 0.263 e. The number of nitrogens with zero attached hydrogens (tertiary/aromatic N) is 1. The van der Waals surface area contributed by atoms with Crippen molar-refractivity contribution in [1.29, 1.82) is 0 Å². The number of anilines is 2. The van der Waals surface area contributed by atoms with Crippen LogP contribution in [0.2, 0.25) is 10.0 Å². The largest absolute Gasteiger partial charge is 0.497 e. The lowest BCUT2D eigenvalue weighted by Gasteiger charge is -2.11. The van der Waals surface area contributed by atoms with E-state index in [-0.39, 0.29) is 26.4 Å². The number of ether oxygens (including phenoxy) is 1.